The summed E-state index contributed by atoms with van der Waals surface area (Å²) in [7, 11) is 3.69. The Bertz CT molecular complexity index is 1040. The number of hydrogen-bond acceptors (Lipinski definition) is 6. The largest absolute Gasteiger partial charge is 0.378 e. The van der Waals surface area contributed by atoms with E-state index in [1.165, 1.54) is 5.56 Å². The Morgan fingerprint density at radius 3 is 2.55 bits per heavy atom. The van der Waals surface area contributed by atoms with Crippen LogP contribution in [0.4, 0.5) is 5.82 Å². The lowest BCUT2D eigenvalue weighted by atomic mass is 10.1. The average molecular weight is 465 g/mol. The summed E-state index contributed by atoms with van der Waals surface area (Å²) in [6, 6.07) is 20.0. The normalized spacial score (nSPS) is 10.9. The van der Waals surface area contributed by atoms with Crippen molar-refractivity contribution in [3.05, 3.63) is 83.0 Å². The Balaban J connectivity index is 1.71. The lowest BCUT2D eigenvalue weighted by molar-refractivity contribution is 0.0949. The summed E-state index contributed by atoms with van der Waals surface area (Å²) in [4.78, 5) is 23.9. The third kappa shape index (κ3) is 7.87. The summed E-state index contributed by atoms with van der Waals surface area (Å²) in [5, 5.41) is 3.66. The Hall–Kier alpha value is -2.90. The minimum Gasteiger partial charge on any atom is -0.378 e. The van der Waals surface area contributed by atoms with Crippen molar-refractivity contribution < 1.29 is 9.53 Å². The molecule has 174 valence electrons. The van der Waals surface area contributed by atoms with Crippen molar-refractivity contribution in [2.45, 2.75) is 37.9 Å². The topological polar surface area (TPSA) is 67.3 Å². The quantitative estimate of drug-likeness (QED) is 0.320. The SMILES string of the molecule is COCc1cc(N(C)Cc2ccccc2)nc(SCc2cccc(C(=O)NCC(C)C)c2)n1. The predicted octanol–water partition coefficient (Wildman–Crippen LogP) is 4.94. The van der Waals surface area contributed by atoms with E-state index in [1.807, 2.05) is 55.6 Å². The van der Waals surface area contributed by atoms with Gasteiger partial charge in [-0.3, -0.25) is 4.79 Å². The number of thioether (sulfide) groups is 1. The van der Waals surface area contributed by atoms with Crippen LogP contribution in [0.5, 0.6) is 0 Å². The smallest absolute Gasteiger partial charge is 0.251 e. The van der Waals surface area contributed by atoms with Gasteiger partial charge in [-0.05, 0) is 29.2 Å². The molecule has 0 aliphatic heterocycles. The van der Waals surface area contributed by atoms with Gasteiger partial charge in [0, 0.05) is 44.6 Å². The molecule has 0 saturated carbocycles. The first-order valence-corrected chi connectivity index (χ1v) is 12.0. The molecule has 2 aromatic carbocycles. The van der Waals surface area contributed by atoms with E-state index in [-0.39, 0.29) is 5.91 Å². The summed E-state index contributed by atoms with van der Waals surface area (Å²) >= 11 is 1.55. The van der Waals surface area contributed by atoms with Crippen molar-refractivity contribution in [1.82, 2.24) is 15.3 Å². The first-order valence-electron chi connectivity index (χ1n) is 11.1. The highest BCUT2D eigenvalue weighted by Crippen LogP contribution is 2.24. The lowest BCUT2D eigenvalue weighted by Gasteiger charge is -2.19. The molecule has 0 atom stereocenters. The summed E-state index contributed by atoms with van der Waals surface area (Å²) in [6.07, 6.45) is 0. The molecule has 0 bridgehead atoms. The maximum Gasteiger partial charge on any atom is 0.251 e. The minimum atomic E-state index is -0.0429. The van der Waals surface area contributed by atoms with E-state index in [9.17, 15) is 4.79 Å². The third-order valence-electron chi connectivity index (χ3n) is 4.92. The highest BCUT2D eigenvalue weighted by atomic mass is 32.2. The van der Waals surface area contributed by atoms with E-state index in [0.717, 1.165) is 23.6 Å². The van der Waals surface area contributed by atoms with Crippen LogP contribution in [-0.4, -0.2) is 36.6 Å². The van der Waals surface area contributed by atoms with Crippen molar-refractivity contribution >= 4 is 23.5 Å². The number of aromatic nitrogens is 2. The zero-order valence-electron chi connectivity index (χ0n) is 19.7. The van der Waals surface area contributed by atoms with E-state index in [1.54, 1.807) is 18.9 Å². The molecule has 0 aliphatic rings. The number of ether oxygens (including phenoxy) is 1. The number of anilines is 1. The van der Waals surface area contributed by atoms with E-state index in [2.05, 4.69) is 41.2 Å². The first kappa shape index (κ1) is 24.7. The monoisotopic (exact) mass is 464 g/mol. The van der Waals surface area contributed by atoms with E-state index < -0.39 is 0 Å². The van der Waals surface area contributed by atoms with Gasteiger partial charge in [0.05, 0.1) is 12.3 Å². The summed E-state index contributed by atoms with van der Waals surface area (Å²) in [6.45, 7) is 6.00. The predicted molar refractivity (Wildman–Crippen MR) is 134 cm³/mol. The van der Waals surface area contributed by atoms with Gasteiger partial charge in [-0.1, -0.05) is 68.1 Å². The molecular weight excluding hydrogens is 432 g/mol. The molecule has 0 spiro atoms. The molecule has 3 aromatic rings. The second-order valence-electron chi connectivity index (χ2n) is 8.37. The molecule has 0 aliphatic carbocycles. The van der Waals surface area contributed by atoms with Crippen LogP contribution in [-0.2, 0) is 23.6 Å². The Morgan fingerprint density at radius 1 is 1.06 bits per heavy atom. The van der Waals surface area contributed by atoms with Crippen molar-refractivity contribution in [3.63, 3.8) is 0 Å². The molecule has 0 radical (unpaired) electrons. The fourth-order valence-electron chi connectivity index (χ4n) is 3.23. The van der Waals surface area contributed by atoms with Gasteiger partial charge < -0.3 is 15.0 Å². The van der Waals surface area contributed by atoms with Crippen molar-refractivity contribution in [2.75, 3.05) is 25.6 Å². The molecule has 1 aromatic heterocycles. The van der Waals surface area contributed by atoms with Gasteiger partial charge in [-0.15, -0.1) is 0 Å². The van der Waals surface area contributed by atoms with Crippen LogP contribution in [0.25, 0.3) is 0 Å². The van der Waals surface area contributed by atoms with Gasteiger partial charge in [0.25, 0.3) is 5.91 Å². The number of hydrogen-bond donors (Lipinski definition) is 1. The molecular formula is C26H32N4O2S. The van der Waals surface area contributed by atoms with Crippen LogP contribution in [0.3, 0.4) is 0 Å². The molecule has 1 heterocycles. The van der Waals surface area contributed by atoms with Gasteiger partial charge in [-0.25, -0.2) is 9.97 Å². The molecule has 0 saturated heterocycles. The van der Waals surface area contributed by atoms with Crippen LogP contribution in [0, 0.1) is 5.92 Å². The van der Waals surface area contributed by atoms with Crippen LogP contribution < -0.4 is 10.2 Å². The first-order chi connectivity index (χ1) is 15.9. The highest BCUT2D eigenvalue weighted by molar-refractivity contribution is 7.98. The standard InChI is InChI=1S/C26H32N4O2S/c1-19(2)15-27-25(31)22-12-8-11-21(13-22)18-33-26-28-23(17-32-4)14-24(29-26)30(3)16-20-9-6-5-7-10-20/h5-14,19H,15-18H2,1-4H3,(H,27,31). The van der Waals surface area contributed by atoms with E-state index in [4.69, 9.17) is 9.72 Å². The number of rotatable bonds is 11. The van der Waals surface area contributed by atoms with Gasteiger partial charge >= 0.3 is 0 Å². The number of carbonyl (C=O) groups excluding carboxylic acids is 1. The minimum absolute atomic E-state index is 0.0429. The average Bonchev–Trinajstić information content (AvgIpc) is 2.82. The Kier molecular flexibility index (Phi) is 9.27. The highest BCUT2D eigenvalue weighted by Gasteiger charge is 2.11. The summed E-state index contributed by atoms with van der Waals surface area (Å²) in [5.41, 5.74) is 3.78. The molecule has 3 rings (SSSR count). The second kappa shape index (κ2) is 12.4. The zero-order chi connectivity index (χ0) is 23.6. The van der Waals surface area contributed by atoms with E-state index >= 15 is 0 Å². The van der Waals surface area contributed by atoms with Crippen LogP contribution >= 0.6 is 11.8 Å². The van der Waals surface area contributed by atoms with Gasteiger partial charge in [0.2, 0.25) is 0 Å². The number of nitrogens with one attached hydrogen (secondary N) is 1. The molecule has 0 unspecified atom stereocenters. The van der Waals surface area contributed by atoms with Gasteiger partial charge in [-0.2, -0.15) is 0 Å². The molecule has 1 N–H and O–H groups in total. The Labute approximate surface area is 200 Å². The number of carbonyl (C=O) groups is 1. The van der Waals surface area contributed by atoms with Crippen LogP contribution in [0.15, 0.2) is 65.8 Å². The van der Waals surface area contributed by atoms with Crippen molar-refractivity contribution in [3.8, 4) is 0 Å². The second-order valence-corrected chi connectivity index (χ2v) is 9.31. The van der Waals surface area contributed by atoms with E-state index in [0.29, 0.717) is 35.5 Å². The number of benzene rings is 2. The summed E-state index contributed by atoms with van der Waals surface area (Å²) in [5.74, 6) is 1.89. The molecule has 33 heavy (non-hydrogen) atoms. The maximum atomic E-state index is 12.4. The van der Waals surface area contributed by atoms with Crippen molar-refractivity contribution in [2.24, 2.45) is 5.92 Å². The third-order valence-corrected chi connectivity index (χ3v) is 5.84. The number of amides is 1. The van der Waals surface area contributed by atoms with Crippen LogP contribution in [0.1, 0.15) is 41.0 Å². The fraction of sp³-hybridized carbons (Fsp3) is 0.346. The lowest BCUT2D eigenvalue weighted by Crippen LogP contribution is -2.27. The molecule has 0 fully saturated rings. The summed E-state index contributed by atoms with van der Waals surface area (Å²) < 4.78 is 5.32. The zero-order valence-corrected chi connectivity index (χ0v) is 20.6. The Morgan fingerprint density at radius 2 is 1.82 bits per heavy atom. The molecule has 1 amide bonds. The van der Waals surface area contributed by atoms with Crippen molar-refractivity contribution in [1.29, 1.82) is 0 Å². The van der Waals surface area contributed by atoms with Crippen LogP contribution in [0.2, 0.25) is 0 Å². The maximum absolute atomic E-state index is 12.4. The van der Waals surface area contributed by atoms with Gasteiger partial charge in [0.1, 0.15) is 5.82 Å². The van der Waals surface area contributed by atoms with Gasteiger partial charge in [0.15, 0.2) is 5.16 Å². The number of nitrogens with zero attached hydrogens (tertiary/aromatic N) is 3. The fourth-order valence-corrected chi connectivity index (χ4v) is 4.04. The molecule has 7 heteroatoms. The number of methoxy groups -OCH3 is 1. The molecule has 6 nitrogen and oxygen atoms in total.